The van der Waals surface area contributed by atoms with Gasteiger partial charge in [-0.2, -0.15) is 5.10 Å². The highest BCUT2D eigenvalue weighted by atomic mass is 35.5. The highest BCUT2D eigenvalue weighted by Crippen LogP contribution is 2.26. The number of aromatic nitrogens is 3. The van der Waals surface area contributed by atoms with Crippen LogP contribution in [-0.4, -0.2) is 21.8 Å². The maximum absolute atomic E-state index is 6.23. The lowest BCUT2D eigenvalue weighted by atomic mass is 10.1. The lowest BCUT2D eigenvalue weighted by molar-refractivity contribution is 0.549. The standard InChI is InChI=1S/C14H18Cl2N4/c1-4-10-6-11(20(3)19-10)7-13(17-2)14-12(16)5-9(15)8-18-14/h5-6,8,13,17H,4,7H2,1-3H3. The zero-order valence-electron chi connectivity index (χ0n) is 11.8. The van der Waals surface area contributed by atoms with Crippen LogP contribution in [0, 0.1) is 0 Å². The predicted octanol–water partition coefficient (Wildman–Crippen LogP) is 3.19. The molecule has 2 aromatic rings. The van der Waals surface area contributed by atoms with Crippen LogP contribution in [0.2, 0.25) is 10.0 Å². The Morgan fingerprint density at radius 2 is 2.10 bits per heavy atom. The smallest absolute Gasteiger partial charge is 0.0764 e. The van der Waals surface area contributed by atoms with E-state index in [1.807, 2.05) is 18.8 Å². The molecule has 0 aliphatic heterocycles. The summed E-state index contributed by atoms with van der Waals surface area (Å²) in [5.41, 5.74) is 3.04. The number of nitrogens with one attached hydrogen (secondary N) is 1. The van der Waals surface area contributed by atoms with E-state index < -0.39 is 0 Å². The number of likely N-dealkylation sites (N-methyl/N-ethyl adjacent to an activating group) is 1. The van der Waals surface area contributed by atoms with Crippen molar-refractivity contribution < 1.29 is 0 Å². The van der Waals surface area contributed by atoms with Crippen LogP contribution in [0.25, 0.3) is 0 Å². The monoisotopic (exact) mass is 312 g/mol. The first-order chi connectivity index (χ1) is 9.55. The molecule has 0 saturated carbocycles. The molecule has 1 unspecified atom stereocenters. The molecule has 2 rings (SSSR count). The van der Waals surface area contributed by atoms with Gasteiger partial charge in [0, 0.05) is 25.4 Å². The molecule has 0 fully saturated rings. The fraction of sp³-hybridized carbons (Fsp3) is 0.429. The lowest BCUT2D eigenvalue weighted by Gasteiger charge is -2.17. The van der Waals surface area contributed by atoms with Gasteiger partial charge in [0.15, 0.2) is 0 Å². The molecular formula is C14H18Cl2N4. The molecule has 0 spiro atoms. The van der Waals surface area contributed by atoms with Crippen molar-refractivity contribution in [2.45, 2.75) is 25.8 Å². The third-order valence-electron chi connectivity index (χ3n) is 3.32. The van der Waals surface area contributed by atoms with Crippen molar-refractivity contribution >= 4 is 23.2 Å². The van der Waals surface area contributed by atoms with E-state index in [0.29, 0.717) is 10.0 Å². The Morgan fingerprint density at radius 1 is 1.35 bits per heavy atom. The minimum atomic E-state index is 0.0277. The Bertz CT molecular complexity index is 595. The molecule has 4 nitrogen and oxygen atoms in total. The van der Waals surface area contributed by atoms with Gasteiger partial charge in [0.2, 0.25) is 0 Å². The number of rotatable bonds is 5. The number of hydrogen-bond donors (Lipinski definition) is 1. The first-order valence-corrected chi connectivity index (χ1v) is 7.30. The molecule has 0 saturated heterocycles. The highest BCUT2D eigenvalue weighted by Gasteiger charge is 2.17. The van der Waals surface area contributed by atoms with Crippen LogP contribution in [0.3, 0.4) is 0 Å². The van der Waals surface area contributed by atoms with Gasteiger partial charge in [0.1, 0.15) is 0 Å². The van der Waals surface area contributed by atoms with Crippen molar-refractivity contribution in [2.24, 2.45) is 7.05 Å². The molecule has 1 N–H and O–H groups in total. The Kier molecular flexibility index (Phi) is 5.02. The summed E-state index contributed by atoms with van der Waals surface area (Å²) in [6.07, 6.45) is 3.32. The molecule has 0 radical (unpaired) electrons. The minimum absolute atomic E-state index is 0.0277. The molecule has 2 aromatic heterocycles. The Balaban J connectivity index is 2.26. The van der Waals surface area contributed by atoms with E-state index in [1.165, 1.54) is 0 Å². The van der Waals surface area contributed by atoms with Gasteiger partial charge in [-0.1, -0.05) is 30.1 Å². The third kappa shape index (κ3) is 3.32. The molecule has 0 amide bonds. The number of aryl methyl sites for hydroxylation is 2. The van der Waals surface area contributed by atoms with Crippen molar-refractivity contribution in [1.82, 2.24) is 20.1 Å². The zero-order valence-corrected chi connectivity index (χ0v) is 13.3. The summed E-state index contributed by atoms with van der Waals surface area (Å²) >= 11 is 12.1. The fourth-order valence-corrected chi connectivity index (χ4v) is 2.67. The topological polar surface area (TPSA) is 42.7 Å². The van der Waals surface area contributed by atoms with Crippen LogP contribution in [0.4, 0.5) is 0 Å². The van der Waals surface area contributed by atoms with Gasteiger partial charge in [0.05, 0.1) is 27.5 Å². The van der Waals surface area contributed by atoms with Crippen molar-refractivity contribution in [3.05, 3.63) is 45.5 Å². The van der Waals surface area contributed by atoms with Crippen molar-refractivity contribution in [3.8, 4) is 0 Å². The number of nitrogens with zero attached hydrogens (tertiary/aromatic N) is 3. The van der Waals surface area contributed by atoms with E-state index in [4.69, 9.17) is 23.2 Å². The second-order valence-electron chi connectivity index (χ2n) is 4.67. The summed E-state index contributed by atoms with van der Waals surface area (Å²) in [7, 11) is 3.85. The average Bonchev–Trinajstić information content (AvgIpc) is 2.77. The van der Waals surface area contributed by atoms with Gasteiger partial charge in [-0.15, -0.1) is 0 Å². The molecule has 6 heteroatoms. The maximum Gasteiger partial charge on any atom is 0.0764 e. The molecule has 0 aliphatic rings. The van der Waals surface area contributed by atoms with E-state index in [9.17, 15) is 0 Å². The van der Waals surface area contributed by atoms with Gasteiger partial charge >= 0.3 is 0 Å². The van der Waals surface area contributed by atoms with Gasteiger partial charge < -0.3 is 5.32 Å². The number of hydrogen-bond acceptors (Lipinski definition) is 3. The van der Waals surface area contributed by atoms with Crippen molar-refractivity contribution in [3.63, 3.8) is 0 Å². The molecule has 0 aromatic carbocycles. The highest BCUT2D eigenvalue weighted by molar-refractivity contribution is 6.34. The normalized spacial score (nSPS) is 12.7. The van der Waals surface area contributed by atoms with E-state index in [2.05, 4.69) is 28.4 Å². The van der Waals surface area contributed by atoms with E-state index >= 15 is 0 Å². The molecule has 2 heterocycles. The van der Waals surface area contributed by atoms with E-state index in [0.717, 1.165) is 29.9 Å². The molecule has 20 heavy (non-hydrogen) atoms. The van der Waals surface area contributed by atoms with Crippen molar-refractivity contribution in [1.29, 1.82) is 0 Å². The van der Waals surface area contributed by atoms with Crippen LogP contribution in [0.15, 0.2) is 18.3 Å². The minimum Gasteiger partial charge on any atom is -0.311 e. The first-order valence-electron chi connectivity index (χ1n) is 6.55. The van der Waals surface area contributed by atoms with Crippen molar-refractivity contribution in [2.75, 3.05) is 7.05 Å². The molecule has 0 bridgehead atoms. The summed E-state index contributed by atoms with van der Waals surface area (Å²) < 4.78 is 1.91. The number of halogens is 2. The first kappa shape index (κ1) is 15.3. The summed E-state index contributed by atoms with van der Waals surface area (Å²) in [6, 6.07) is 3.87. The Labute approximate surface area is 129 Å². The summed E-state index contributed by atoms with van der Waals surface area (Å²) in [6.45, 7) is 2.10. The molecular weight excluding hydrogens is 295 g/mol. The SMILES string of the molecule is CCc1cc(CC(NC)c2ncc(Cl)cc2Cl)n(C)n1. The van der Waals surface area contributed by atoms with Gasteiger partial charge in [-0.3, -0.25) is 9.67 Å². The fourth-order valence-electron chi connectivity index (χ4n) is 2.16. The van der Waals surface area contributed by atoms with Gasteiger partial charge in [-0.25, -0.2) is 0 Å². The van der Waals surface area contributed by atoms with Crippen LogP contribution in [0.5, 0.6) is 0 Å². The maximum atomic E-state index is 6.23. The lowest BCUT2D eigenvalue weighted by Crippen LogP contribution is -2.21. The second kappa shape index (κ2) is 6.57. The predicted molar refractivity (Wildman–Crippen MR) is 82.3 cm³/mol. The largest absolute Gasteiger partial charge is 0.311 e. The quantitative estimate of drug-likeness (QED) is 0.922. The third-order valence-corrected chi connectivity index (χ3v) is 3.83. The van der Waals surface area contributed by atoms with Crippen LogP contribution in [-0.2, 0) is 19.9 Å². The van der Waals surface area contributed by atoms with Crippen LogP contribution in [0.1, 0.15) is 30.0 Å². The van der Waals surface area contributed by atoms with Crippen LogP contribution < -0.4 is 5.32 Å². The Hall–Kier alpha value is -1.10. The Morgan fingerprint density at radius 3 is 2.65 bits per heavy atom. The second-order valence-corrected chi connectivity index (χ2v) is 5.51. The van der Waals surface area contributed by atoms with E-state index in [-0.39, 0.29) is 6.04 Å². The van der Waals surface area contributed by atoms with Crippen LogP contribution >= 0.6 is 23.2 Å². The molecule has 0 aliphatic carbocycles. The zero-order chi connectivity index (χ0) is 14.7. The molecule has 1 atom stereocenters. The van der Waals surface area contributed by atoms with Gasteiger partial charge in [-0.05, 0) is 25.6 Å². The van der Waals surface area contributed by atoms with Gasteiger partial charge in [0.25, 0.3) is 0 Å². The summed E-state index contributed by atoms with van der Waals surface area (Å²) in [4.78, 5) is 4.35. The average molecular weight is 313 g/mol. The molecule has 108 valence electrons. The van der Waals surface area contributed by atoms with E-state index in [1.54, 1.807) is 12.3 Å². The summed E-state index contributed by atoms with van der Waals surface area (Å²) in [5.74, 6) is 0. The summed E-state index contributed by atoms with van der Waals surface area (Å²) in [5, 5.41) is 8.83. The number of pyridine rings is 1.